The molecule has 0 aromatic carbocycles. The van der Waals surface area contributed by atoms with Gasteiger partial charge in [0, 0.05) is 44.4 Å². The number of hydrogen-bond donors (Lipinski definition) is 1. The lowest BCUT2D eigenvalue weighted by Crippen LogP contribution is -2.52. The lowest BCUT2D eigenvalue weighted by Gasteiger charge is -2.47. The lowest BCUT2D eigenvalue weighted by atomic mass is 9.72. The average Bonchev–Trinajstić information content (AvgIpc) is 3.43. The Morgan fingerprint density at radius 1 is 1.12 bits per heavy atom. The Bertz CT molecular complexity index is 694. The Hall–Kier alpha value is -2.11. The van der Waals surface area contributed by atoms with Crippen LogP contribution in [0.4, 0.5) is 0 Å². The normalized spacial score (nSPS) is 23.6. The third-order valence-electron chi connectivity index (χ3n) is 5.83. The van der Waals surface area contributed by atoms with Crippen molar-refractivity contribution in [2.24, 2.45) is 5.41 Å². The largest absolute Gasteiger partial charge is 0.339 e. The fraction of sp³-hybridized carbons (Fsp3) is 0.611. The summed E-state index contributed by atoms with van der Waals surface area (Å²) < 4.78 is 0. The number of carbonyl (C=O) groups is 2. The van der Waals surface area contributed by atoms with Gasteiger partial charge in [0.25, 0.3) is 5.91 Å². The molecule has 0 atom stereocenters. The Morgan fingerprint density at radius 2 is 1.88 bits per heavy atom. The molecule has 1 aromatic heterocycles. The molecular formula is C18H23N3O3. The second-order valence-corrected chi connectivity index (χ2v) is 7.49. The molecule has 0 radical (unpaired) electrons. The quantitative estimate of drug-likeness (QED) is 0.891. The first-order valence-corrected chi connectivity index (χ1v) is 8.84. The number of nitrogens with one attached hydrogen (secondary N) is 1. The highest BCUT2D eigenvalue weighted by Gasteiger charge is 2.45. The molecule has 1 saturated carbocycles. The van der Waals surface area contributed by atoms with Gasteiger partial charge in [-0.15, -0.1) is 0 Å². The van der Waals surface area contributed by atoms with Gasteiger partial charge in [0.2, 0.25) is 11.5 Å². The maximum absolute atomic E-state index is 12.6. The van der Waals surface area contributed by atoms with Crippen molar-refractivity contribution in [3.8, 4) is 0 Å². The first-order valence-electron chi connectivity index (χ1n) is 8.84. The molecule has 6 heteroatoms. The Balaban J connectivity index is 1.41. The Kier molecular flexibility index (Phi) is 3.70. The summed E-state index contributed by atoms with van der Waals surface area (Å²) >= 11 is 0. The van der Waals surface area contributed by atoms with Gasteiger partial charge in [0.05, 0.1) is 5.56 Å². The van der Waals surface area contributed by atoms with Gasteiger partial charge < -0.3 is 14.8 Å². The van der Waals surface area contributed by atoms with E-state index >= 15 is 0 Å². The Labute approximate surface area is 140 Å². The number of piperidine rings is 2. The maximum atomic E-state index is 12.6. The molecule has 1 N–H and O–H groups in total. The summed E-state index contributed by atoms with van der Waals surface area (Å²) in [5.41, 5.74) is 0.526. The van der Waals surface area contributed by atoms with Gasteiger partial charge in [-0.25, -0.2) is 0 Å². The minimum atomic E-state index is -0.198. The van der Waals surface area contributed by atoms with Crippen LogP contribution in [0.25, 0.3) is 0 Å². The fourth-order valence-corrected chi connectivity index (χ4v) is 4.08. The third kappa shape index (κ3) is 2.85. The molecular weight excluding hydrogens is 306 g/mol. The van der Waals surface area contributed by atoms with Crippen molar-refractivity contribution < 1.29 is 9.59 Å². The summed E-state index contributed by atoms with van der Waals surface area (Å²) in [6, 6.07) is 3.45. The molecule has 6 nitrogen and oxygen atoms in total. The lowest BCUT2D eigenvalue weighted by molar-refractivity contribution is -0.139. The highest BCUT2D eigenvalue weighted by Crippen LogP contribution is 2.43. The summed E-state index contributed by atoms with van der Waals surface area (Å²) in [7, 11) is 0. The molecule has 2 aliphatic heterocycles. The van der Waals surface area contributed by atoms with Gasteiger partial charge in [-0.1, -0.05) is 0 Å². The van der Waals surface area contributed by atoms with Crippen LogP contribution in [0.5, 0.6) is 0 Å². The van der Waals surface area contributed by atoms with Crippen LogP contribution in [0.3, 0.4) is 0 Å². The molecule has 2 amide bonds. The number of pyridine rings is 1. The van der Waals surface area contributed by atoms with Crippen LogP contribution < -0.4 is 5.56 Å². The summed E-state index contributed by atoms with van der Waals surface area (Å²) in [6.45, 7) is 2.33. The molecule has 3 fully saturated rings. The van der Waals surface area contributed by atoms with E-state index in [1.165, 1.54) is 12.3 Å². The molecule has 1 spiro atoms. The van der Waals surface area contributed by atoms with Gasteiger partial charge in [-0.05, 0) is 43.6 Å². The van der Waals surface area contributed by atoms with Crippen LogP contribution in [0.15, 0.2) is 23.1 Å². The van der Waals surface area contributed by atoms with Crippen molar-refractivity contribution >= 4 is 11.8 Å². The summed E-state index contributed by atoms with van der Waals surface area (Å²) in [6.07, 6.45) is 7.32. The smallest absolute Gasteiger partial charge is 0.255 e. The number of aromatic nitrogens is 1. The number of amides is 2. The van der Waals surface area contributed by atoms with Gasteiger partial charge >= 0.3 is 0 Å². The van der Waals surface area contributed by atoms with Gasteiger partial charge in [-0.2, -0.15) is 0 Å². The molecule has 0 bridgehead atoms. The zero-order valence-electron chi connectivity index (χ0n) is 13.8. The highest BCUT2D eigenvalue weighted by molar-refractivity contribution is 5.93. The number of nitrogens with zero attached hydrogens (tertiary/aromatic N) is 2. The number of likely N-dealkylation sites (tertiary alicyclic amines) is 2. The Morgan fingerprint density at radius 3 is 2.50 bits per heavy atom. The van der Waals surface area contributed by atoms with Crippen molar-refractivity contribution in [1.82, 2.24) is 14.8 Å². The molecule has 3 heterocycles. The monoisotopic (exact) mass is 329 g/mol. The predicted molar refractivity (Wildman–Crippen MR) is 88.6 cm³/mol. The number of rotatable bonds is 2. The minimum Gasteiger partial charge on any atom is -0.339 e. The van der Waals surface area contributed by atoms with Crippen molar-refractivity contribution in [1.29, 1.82) is 0 Å². The van der Waals surface area contributed by atoms with Gasteiger partial charge in [0.1, 0.15) is 0 Å². The predicted octanol–water partition coefficient (Wildman–Crippen LogP) is 1.38. The molecule has 1 aromatic rings. The summed E-state index contributed by atoms with van der Waals surface area (Å²) in [5, 5.41) is 0. The van der Waals surface area contributed by atoms with Crippen LogP contribution in [0, 0.1) is 5.41 Å². The van der Waals surface area contributed by atoms with Crippen LogP contribution in [-0.4, -0.2) is 52.3 Å². The van der Waals surface area contributed by atoms with E-state index in [0.29, 0.717) is 23.9 Å². The van der Waals surface area contributed by atoms with Crippen LogP contribution >= 0.6 is 0 Å². The fourth-order valence-electron chi connectivity index (χ4n) is 4.08. The van der Waals surface area contributed by atoms with Gasteiger partial charge in [0.15, 0.2) is 0 Å². The van der Waals surface area contributed by atoms with Crippen LogP contribution in [0.2, 0.25) is 0 Å². The highest BCUT2D eigenvalue weighted by atomic mass is 16.2. The van der Waals surface area contributed by atoms with Gasteiger partial charge in [-0.3, -0.25) is 14.4 Å². The van der Waals surface area contributed by atoms with E-state index in [-0.39, 0.29) is 16.9 Å². The standard InChI is InChI=1S/C18H23N3O3/c22-15-4-1-13(11-19-15)17(24)20-9-7-18(8-10-20)6-5-16(23)21(12-18)14-2-3-14/h1,4,11,14H,2-3,5-10,12H2,(H,19,22). The first kappa shape index (κ1) is 15.4. The average molecular weight is 329 g/mol. The maximum Gasteiger partial charge on any atom is 0.255 e. The zero-order valence-corrected chi connectivity index (χ0v) is 13.8. The number of hydrogen-bond acceptors (Lipinski definition) is 3. The second kappa shape index (κ2) is 5.76. The molecule has 1 aliphatic carbocycles. The van der Waals surface area contributed by atoms with Crippen LogP contribution in [0.1, 0.15) is 48.9 Å². The molecule has 4 rings (SSSR count). The summed E-state index contributed by atoms with van der Waals surface area (Å²) in [5.74, 6) is 0.293. The number of H-pyrrole nitrogens is 1. The van der Waals surface area contributed by atoms with E-state index in [1.807, 2.05) is 4.90 Å². The van der Waals surface area contributed by atoms with E-state index < -0.39 is 0 Å². The SMILES string of the molecule is O=C(c1ccc(=O)[nH]c1)N1CCC2(CCC(=O)N(C3CC3)C2)CC1. The zero-order chi connectivity index (χ0) is 16.7. The van der Waals surface area contributed by atoms with Crippen molar-refractivity contribution in [2.45, 2.75) is 44.6 Å². The minimum absolute atomic E-state index is 0.0213. The molecule has 24 heavy (non-hydrogen) atoms. The number of carbonyl (C=O) groups excluding carboxylic acids is 2. The molecule has 0 unspecified atom stereocenters. The van der Waals surface area contributed by atoms with E-state index in [0.717, 1.165) is 51.7 Å². The van der Waals surface area contributed by atoms with Crippen molar-refractivity contribution in [2.75, 3.05) is 19.6 Å². The third-order valence-corrected chi connectivity index (χ3v) is 5.83. The molecule has 2 saturated heterocycles. The molecule has 128 valence electrons. The van der Waals surface area contributed by atoms with E-state index in [1.54, 1.807) is 6.07 Å². The van der Waals surface area contributed by atoms with E-state index in [9.17, 15) is 14.4 Å². The second-order valence-electron chi connectivity index (χ2n) is 7.49. The van der Waals surface area contributed by atoms with Crippen molar-refractivity contribution in [3.63, 3.8) is 0 Å². The van der Waals surface area contributed by atoms with Crippen LogP contribution in [-0.2, 0) is 4.79 Å². The van der Waals surface area contributed by atoms with E-state index in [4.69, 9.17) is 0 Å². The number of aromatic amines is 1. The first-order chi connectivity index (χ1) is 11.6. The van der Waals surface area contributed by atoms with E-state index in [2.05, 4.69) is 9.88 Å². The molecule has 3 aliphatic rings. The topological polar surface area (TPSA) is 73.5 Å². The summed E-state index contributed by atoms with van der Waals surface area (Å²) in [4.78, 5) is 42.3. The van der Waals surface area contributed by atoms with Crippen molar-refractivity contribution in [3.05, 3.63) is 34.2 Å².